The van der Waals surface area contributed by atoms with Gasteiger partial charge < -0.3 is 20.2 Å². The molecule has 1 heterocycles. The van der Waals surface area contributed by atoms with Crippen LogP contribution >= 0.6 is 0 Å². The van der Waals surface area contributed by atoms with Crippen molar-refractivity contribution in [3.05, 3.63) is 24.1 Å². The first kappa shape index (κ1) is 16.3. The summed E-state index contributed by atoms with van der Waals surface area (Å²) in [5, 5.41) is 14.6. The van der Waals surface area contributed by atoms with Crippen LogP contribution in [0.1, 0.15) is 40.0 Å². The van der Waals surface area contributed by atoms with Crippen molar-refractivity contribution in [2.75, 3.05) is 11.9 Å². The molecule has 2 rings (SSSR count). The Hall–Kier alpha value is -2.08. The summed E-state index contributed by atoms with van der Waals surface area (Å²) < 4.78 is 5.72. The van der Waals surface area contributed by atoms with Gasteiger partial charge in [-0.2, -0.15) is 0 Å². The summed E-state index contributed by atoms with van der Waals surface area (Å²) in [6, 6.07) is 5.04. The van der Waals surface area contributed by atoms with Crippen molar-refractivity contribution < 1.29 is 14.3 Å². The highest BCUT2D eigenvalue weighted by Crippen LogP contribution is 2.27. The van der Waals surface area contributed by atoms with Crippen LogP contribution in [0.3, 0.4) is 0 Å². The lowest BCUT2D eigenvalue weighted by molar-refractivity contribution is 0.184. The van der Waals surface area contributed by atoms with Crippen molar-refractivity contribution in [1.82, 2.24) is 10.3 Å². The topological polar surface area (TPSA) is 87.4 Å². The lowest BCUT2D eigenvalue weighted by atomic mass is 9.97. The van der Waals surface area contributed by atoms with Crippen LogP contribution in [0.5, 0.6) is 0 Å². The summed E-state index contributed by atoms with van der Waals surface area (Å²) in [6.07, 6.45) is 0.0904. The van der Waals surface area contributed by atoms with Gasteiger partial charge in [0.2, 0.25) is 5.89 Å². The summed E-state index contributed by atoms with van der Waals surface area (Å²) in [6.45, 7) is 8.21. The molecule has 120 valence electrons. The quantitative estimate of drug-likeness (QED) is 0.810. The van der Waals surface area contributed by atoms with Gasteiger partial charge in [-0.25, -0.2) is 9.78 Å². The number of rotatable bonds is 4. The SMILES string of the molecule is CC(O)CCNC(=O)Nc1ccc2oc(C(C)(C)C)nc2c1. The van der Waals surface area contributed by atoms with E-state index in [-0.39, 0.29) is 11.4 Å². The van der Waals surface area contributed by atoms with Crippen LogP contribution in [0, 0.1) is 0 Å². The molecule has 0 saturated heterocycles. The largest absolute Gasteiger partial charge is 0.440 e. The third-order valence-corrected chi connectivity index (χ3v) is 3.13. The molecule has 0 saturated carbocycles. The Bertz CT molecular complexity index is 656. The zero-order valence-corrected chi connectivity index (χ0v) is 13.4. The number of aromatic nitrogens is 1. The van der Waals surface area contributed by atoms with E-state index in [2.05, 4.69) is 15.6 Å². The standard InChI is InChI=1S/C16H23N3O3/c1-10(20)7-8-17-15(21)18-11-5-6-13-12(9-11)19-14(22-13)16(2,3)4/h5-6,9-10,20H,7-8H2,1-4H3,(H2,17,18,21). The molecule has 0 aliphatic heterocycles. The van der Waals surface area contributed by atoms with E-state index in [0.29, 0.717) is 35.6 Å². The minimum Gasteiger partial charge on any atom is -0.440 e. The summed E-state index contributed by atoms with van der Waals surface area (Å²) in [5.41, 5.74) is 1.90. The fraction of sp³-hybridized carbons (Fsp3) is 0.500. The van der Waals surface area contributed by atoms with Gasteiger partial charge in [-0.15, -0.1) is 0 Å². The van der Waals surface area contributed by atoms with Gasteiger partial charge in [0.15, 0.2) is 5.58 Å². The highest BCUT2D eigenvalue weighted by atomic mass is 16.3. The molecule has 0 fully saturated rings. The Morgan fingerprint density at radius 3 is 2.77 bits per heavy atom. The predicted molar refractivity (Wildman–Crippen MR) is 86.0 cm³/mol. The smallest absolute Gasteiger partial charge is 0.319 e. The number of benzene rings is 1. The van der Waals surface area contributed by atoms with Gasteiger partial charge in [-0.3, -0.25) is 0 Å². The van der Waals surface area contributed by atoms with Crippen molar-refractivity contribution in [2.24, 2.45) is 0 Å². The first-order valence-electron chi connectivity index (χ1n) is 7.39. The van der Waals surface area contributed by atoms with E-state index in [4.69, 9.17) is 9.52 Å². The lowest BCUT2D eigenvalue weighted by Gasteiger charge is -2.11. The van der Waals surface area contributed by atoms with Crippen LogP contribution in [0.25, 0.3) is 11.1 Å². The van der Waals surface area contributed by atoms with Crippen LogP contribution in [0.4, 0.5) is 10.5 Å². The van der Waals surface area contributed by atoms with Gasteiger partial charge in [0, 0.05) is 17.6 Å². The maximum atomic E-state index is 11.7. The van der Waals surface area contributed by atoms with Gasteiger partial charge in [0.25, 0.3) is 0 Å². The Morgan fingerprint density at radius 1 is 1.41 bits per heavy atom. The fourth-order valence-corrected chi connectivity index (χ4v) is 1.90. The highest BCUT2D eigenvalue weighted by molar-refractivity contribution is 5.91. The van der Waals surface area contributed by atoms with Crippen LogP contribution in [-0.2, 0) is 5.41 Å². The molecule has 6 nitrogen and oxygen atoms in total. The molecule has 0 bridgehead atoms. The number of carbonyl (C=O) groups is 1. The number of fused-ring (bicyclic) bond motifs is 1. The molecule has 3 N–H and O–H groups in total. The van der Waals surface area contributed by atoms with E-state index in [0.717, 1.165) is 0 Å². The number of anilines is 1. The molecule has 1 unspecified atom stereocenters. The van der Waals surface area contributed by atoms with Gasteiger partial charge in [-0.05, 0) is 31.5 Å². The number of nitrogens with zero attached hydrogens (tertiary/aromatic N) is 1. The van der Waals surface area contributed by atoms with Gasteiger partial charge in [0.1, 0.15) is 5.52 Å². The van der Waals surface area contributed by atoms with Crippen molar-refractivity contribution in [3.63, 3.8) is 0 Å². The van der Waals surface area contributed by atoms with E-state index < -0.39 is 6.10 Å². The van der Waals surface area contributed by atoms with Crippen LogP contribution < -0.4 is 10.6 Å². The van der Waals surface area contributed by atoms with Gasteiger partial charge in [-0.1, -0.05) is 20.8 Å². The second-order valence-electron chi connectivity index (χ2n) is 6.47. The van der Waals surface area contributed by atoms with Gasteiger partial charge >= 0.3 is 6.03 Å². The molecule has 0 radical (unpaired) electrons. The number of aliphatic hydroxyl groups is 1. The van der Waals surface area contributed by atoms with Crippen LogP contribution in [-0.4, -0.2) is 28.8 Å². The van der Waals surface area contributed by atoms with Crippen molar-refractivity contribution in [1.29, 1.82) is 0 Å². The Morgan fingerprint density at radius 2 is 2.14 bits per heavy atom. The predicted octanol–water partition coefficient (Wildman–Crippen LogP) is 3.02. The monoisotopic (exact) mass is 305 g/mol. The maximum Gasteiger partial charge on any atom is 0.319 e. The zero-order chi connectivity index (χ0) is 16.3. The number of oxazole rings is 1. The third kappa shape index (κ3) is 4.21. The second-order valence-corrected chi connectivity index (χ2v) is 6.47. The molecule has 1 atom stereocenters. The second kappa shape index (κ2) is 6.36. The average Bonchev–Trinajstić information content (AvgIpc) is 2.81. The number of amides is 2. The number of carbonyl (C=O) groups excluding carboxylic acids is 1. The summed E-state index contributed by atoms with van der Waals surface area (Å²) in [5.74, 6) is 0.668. The van der Waals surface area contributed by atoms with E-state index in [9.17, 15) is 4.79 Å². The van der Waals surface area contributed by atoms with Crippen LogP contribution in [0.15, 0.2) is 22.6 Å². The number of urea groups is 1. The first-order chi connectivity index (χ1) is 10.3. The normalized spacial score (nSPS) is 13.1. The Labute approximate surface area is 129 Å². The average molecular weight is 305 g/mol. The molecule has 6 heteroatoms. The maximum absolute atomic E-state index is 11.7. The number of hydrogen-bond acceptors (Lipinski definition) is 4. The van der Waals surface area contributed by atoms with E-state index >= 15 is 0 Å². The summed E-state index contributed by atoms with van der Waals surface area (Å²) >= 11 is 0. The summed E-state index contributed by atoms with van der Waals surface area (Å²) in [7, 11) is 0. The zero-order valence-electron chi connectivity index (χ0n) is 13.4. The molecule has 0 spiro atoms. The molecular weight excluding hydrogens is 282 g/mol. The Balaban J connectivity index is 2.05. The molecule has 0 aliphatic rings. The molecule has 1 aromatic carbocycles. The van der Waals surface area contributed by atoms with E-state index in [1.807, 2.05) is 20.8 Å². The molecule has 2 aromatic rings. The van der Waals surface area contributed by atoms with Crippen LogP contribution in [0.2, 0.25) is 0 Å². The molecule has 1 aromatic heterocycles. The molecule has 22 heavy (non-hydrogen) atoms. The Kier molecular flexibility index (Phi) is 4.71. The van der Waals surface area contributed by atoms with Crippen molar-refractivity contribution in [2.45, 2.75) is 45.6 Å². The first-order valence-corrected chi connectivity index (χ1v) is 7.39. The lowest BCUT2D eigenvalue weighted by Crippen LogP contribution is -2.30. The summed E-state index contributed by atoms with van der Waals surface area (Å²) in [4.78, 5) is 16.2. The van der Waals surface area contributed by atoms with E-state index in [1.165, 1.54) is 0 Å². The van der Waals surface area contributed by atoms with Gasteiger partial charge in [0.05, 0.1) is 6.10 Å². The van der Waals surface area contributed by atoms with E-state index in [1.54, 1.807) is 25.1 Å². The minimum atomic E-state index is -0.428. The number of hydrogen-bond donors (Lipinski definition) is 3. The fourth-order valence-electron chi connectivity index (χ4n) is 1.90. The minimum absolute atomic E-state index is 0.162. The molecule has 2 amide bonds. The van der Waals surface area contributed by atoms with Crippen molar-refractivity contribution in [3.8, 4) is 0 Å². The molecule has 0 aliphatic carbocycles. The number of nitrogens with one attached hydrogen (secondary N) is 2. The number of aliphatic hydroxyl groups excluding tert-OH is 1. The van der Waals surface area contributed by atoms with Crippen molar-refractivity contribution >= 4 is 22.8 Å². The molecular formula is C16H23N3O3. The highest BCUT2D eigenvalue weighted by Gasteiger charge is 2.21. The third-order valence-electron chi connectivity index (χ3n) is 3.13.